The van der Waals surface area contributed by atoms with Crippen molar-refractivity contribution in [2.45, 2.75) is 18.9 Å². The van der Waals surface area contributed by atoms with Gasteiger partial charge in [0.05, 0.1) is 6.42 Å². The molecule has 0 radical (unpaired) electrons. The molecule has 0 bridgehead atoms. The Hall–Kier alpha value is -0.310. The summed E-state index contributed by atoms with van der Waals surface area (Å²) >= 11 is 1.93. The first-order valence-corrected chi connectivity index (χ1v) is 9.33. The van der Waals surface area contributed by atoms with E-state index in [2.05, 4.69) is 9.62 Å². The number of ether oxygens (including phenoxy) is 1. The van der Waals surface area contributed by atoms with E-state index in [4.69, 9.17) is 4.74 Å². The number of thioether (sulfide) groups is 1. The smallest absolute Gasteiger partial charge is 0.307 e. The molecule has 2 rings (SSSR count). The van der Waals surface area contributed by atoms with Crippen LogP contribution in [0.3, 0.4) is 0 Å². The molecule has 2 aliphatic heterocycles. The van der Waals surface area contributed by atoms with Crippen LogP contribution in [0, 0.1) is 0 Å². The zero-order valence-corrected chi connectivity index (χ0v) is 12.5. The van der Waals surface area contributed by atoms with E-state index in [1.54, 1.807) is 0 Å². The van der Waals surface area contributed by atoms with Crippen LogP contribution in [0.15, 0.2) is 0 Å². The number of sulfonamides is 1. The summed E-state index contributed by atoms with van der Waals surface area (Å²) in [5.41, 5.74) is 0. The predicted octanol–water partition coefficient (Wildman–Crippen LogP) is -0.340. The number of carbonyl (C=O) groups excluding carboxylic acids is 1. The Morgan fingerprint density at radius 3 is 2.79 bits per heavy atom. The van der Waals surface area contributed by atoms with E-state index in [-0.39, 0.29) is 11.7 Å². The monoisotopic (exact) mass is 308 g/mol. The van der Waals surface area contributed by atoms with Crippen LogP contribution in [0.2, 0.25) is 0 Å². The number of esters is 1. The highest BCUT2D eigenvalue weighted by Gasteiger charge is 2.27. The quantitative estimate of drug-likeness (QED) is 0.716. The van der Waals surface area contributed by atoms with E-state index >= 15 is 0 Å². The third-order valence-electron chi connectivity index (χ3n) is 3.23. The number of nitrogens with zero attached hydrogens (tertiary/aromatic N) is 1. The lowest BCUT2D eigenvalue weighted by Gasteiger charge is -2.26. The fourth-order valence-electron chi connectivity index (χ4n) is 2.17. The Labute approximate surface area is 118 Å². The molecule has 2 fully saturated rings. The average Bonchev–Trinajstić information content (AvgIpc) is 2.36. The topological polar surface area (TPSA) is 75.7 Å². The van der Waals surface area contributed by atoms with Crippen LogP contribution in [0.4, 0.5) is 0 Å². The van der Waals surface area contributed by atoms with Crippen molar-refractivity contribution in [2.24, 2.45) is 0 Å². The average molecular weight is 308 g/mol. The summed E-state index contributed by atoms with van der Waals surface area (Å²) < 4.78 is 30.3. The molecule has 19 heavy (non-hydrogen) atoms. The van der Waals surface area contributed by atoms with Crippen molar-refractivity contribution in [3.05, 3.63) is 0 Å². The lowest BCUT2D eigenvalue weighted by Crippen LogP contribution is -2.42. The molecule has 2 heterocycles. The summed E-state index contributed by atoms with van der Waals surface area (Å²) in [6.07, 6.45) is 0.413. The van der Waals surface area contributed by atoms with Crippen LogP contribution in [0.5, 0.6) is 0 Å². The van der Waals surface area contributed by atoms with E-state index in [1.165, 1.54) is 0 Å². The predicted molar refractivity (Wildman–Crippen MR) is 74.7 cm³/mol. The minimum atomic E-state index is -3.25. The van der Waals surface area contributed by atoms with Gasteiger partial charge in [-0.25, -0.2) is 13.1 Å². The summed E-state index contributed by atoms with van der Waals surface area (Å²) in [7, 11) is -3.25. The molecule has 0 spiro atoms. The van der Waals surface area contributed by atoms with E-state index in [0.29, 0.717) is 25.9 Å². The first-order chi connectivity index (χ1) is 9.05. The lowest BCUT2D eigenvalue weighted by atomic mass is 10.3. The largest absolute Gasteiger partial charge is 0.461 e. The number of hydrogen-bond acceptors (Lipinski definition) is 6. The maximum Gasteiger partial charge on any atom is 0.307 e. The Morgan fingerprint density at radius 2 is 2.11 bits per heavy atom. The van der Waals surface area contributed by atoms with Crippen molar-refractivity contribution in [1.29, 1.82) is 0 Å². The lowest BCUT2D eigenvalue weighted by molar-refractivity contribution is -0.148. The minimum Gasteiger partial charge on any atom is -0.461 e. The molecule has 110 valence electrons. The van der Waals surface area contributed by atoms with Crippen LogP contribution in [-0.4, -0.2) is 68.8 Å². The van der Waals surface area contributed by atoms with Gasteiger partial charge < -0.3 is 9.64 Å². The summed E-state index contributed by atoms with van der Waals surface area (Å²) in [5.74, 6) is 1.82. The zero-order chi connectivity index (χ0) is 13.7. The SMILES string of the molecule is O=C(CCN1CCSCC1)OC1CCNS(=O)(=O)C1. The summed E-state index contributed by atoms with van der Waals surface area (Å²) in [6, 6.07) is 0. The van der Waals surface area contributed by atoms with Crippen molar-refractivity contribution in [2.75, 3.05) is 43.4 Å². The number of nitrogens with one attached hydrogen (secondary N) is 1. The molecule has 1 N–H and O–H groups in total. The van der Waals surface area contributed by atoms with Crippen LogP contribution in [-0.2, 0) is 19.6 Å². The zero-order valence-electron chi connectivity index (χ0n) is 10.8. The summed E-state index contributed by atoms with van der Waals surface area (Å²) in [6.45, 7) is 3.08. The van der Waals surface area contributed by atoms with Gasteiger partial charge in [-0.3, -0.25) is 4.79 Å². The van der Waals surface area contributed by atoms with Crippen LogP contribution >= 0.6 is 11.8 Å². The van der Waals surface area contributed by atoms with Crippen LogP contribution < -0.4 is 4.72 Å². The van der Waals surface area contributed by atoms with Crippen LogP contribution in [0.1, 0.15) is 12.8 Å². The molecule has 0 amide bonds. The van der Waals surface area contributed by atoms with Crippen molar-refractivity contribution in [3.63, 3.8) is 0 Å². The molecule has 2 aliphatic rings. The number of hydrogen-bond donors (Lipinski definition) is 1. The highest BCUT2D eigenvalue weighted by molar-refractivity contribution is 7.99. The molecule has 6 nitrogen and oxygen atoms in total. The van der Waals surface area contributed by atoms with Gasteiger partial charge >= 0.3 is 5.97 Å². The fraction of sp³-hybridized carbons (Fsp3) is 0.909. The molecule has 0 aromatic rings. The molecule has 0 aromatic heterocycles. The van der Waals surface area contributed by atoms with Gasteiger partial charge in [0, 0.05) is 37.7 Å². The third-order valence-corrected chi connectivity index (χ3v) is 5.62. The highest BCUT2D eigenvalue weighted by Crippen LogP contribution is 2.11. The number of carbonyl (C=O) groups is 1. The molecule has 2 saturated heterocycles. The van der Waals surface area contributed by atoms with Crippen molar-refractivity contribution >= 4 is 27.8 Å². The Bertz CT molecular complexity index is 407. The Morgan fingerprint density at radius 1 is 1.37 bits per heavy atom. The van der Waals surface area contributed by atoms with Gasteiger partial charge in [0.2, 0.25) is 10.0 Å². The van der Waals surface area contributed by atoms with Gasteiger partial charge in [-0.1, -0.05) is 0 Å². The summed E-state index contributed by atoms with van der Waals surface area (Å²) in [4.78, 5) is 13.9. The van der Waals surface area contributed by atoms with Gasteiger partial charge in [-0.05, 0) is 6.42 Å². The van der Waals surface area contributed by atoms with Gasteiger partial charge in [0.25, 0.3) is 0 Å². The molecular weight excluding hydrogens is 288 g/mol. The van der Waals surface area contributed by atoms with Gasteiger partial charge in [0.15, 0.2) is 0 Å². The fourth-order valence-corrected chi connectivity index (χ4v) is 4.42. The molecule has 0 aromatic carbocycles. The standard InChI is InChI=1S/C11H20N2O4S2/c14-11(2-4-13-5-7-18-8-6-13)17-10-1-3-12-19(15,16)9-10/h10,12H,1-9H2. The normalized spacial score (nSPS) is 27.9. The van der Waals surface area contributed by atoms with Crippen molar-refractivity contribution in [1.82, 2.24) is 9.62 Å². The number of rotatable bonds is 4. The molecular formula is C11H20N2O4S2. The second-order valence-corrected chi connectivity index (χ2v) is 7.86. The first kappa shape index (κ1) is 15.1. The molecule has 0 saturated carbocycles. The van der Waals surface area contributed by atoms with Gasteiger partial charge in [-0.15, -0.1) is 0 Å². The Kier molecular flexibility index (Phi) is 5.49. The second kappa shape index (κ2) is 6.92. The third kappa shape index (κ3) is 5.29. The van der Waals surface area contributed by atoms with E-state index < -0.39 is 16.1 Å². The Balaban J connectivity index is 1.69. The highest BCUT2D eigenvalue weighted by atomic mass is 32.2. The second-order valence-electron chi connectivity index (χ2n) is 4.78. The maximum atomic E-state index is 11.7. The molecule has 8 heteroatoms. The van der Waals surface area contributed by atoms with Crippen molar-refractivity contribution < 1.29 is 17.9 Å². The summed E-state index contributed by atoms with van der Waals surface area (Å²) in [5, 5.41) is 0. The van der Waals surface area contributed by atoms with Crippen LogP contribution in [0.25, 0.3) is 0 Å². The maximum absolute atomic E-state index is 11.7. The first-order valence-electron chi connectivity index (χ1n) is 6.52. The van der Waals surface area contributed by atoms with E-state index in [0.717, 1.165) is 24.6 Å². The minimum absolute atomic E-state index is 0.112. The van der Waals surface area contributed by atoms with E-state index in [9.17, 15) is 13.2 Å². The molecule has 0 aliphatic carbocycles. The molecule has 1 unspecified atom stereocenters. The van der Waals surface area contributed by atoms with Crippen molar-refractivity contribution in [3.8, 4) is 0 Å². The van der Waals surface area contributed by atoms with Gasteiger partial charge in [-0.2, -0.15) is 11.8 Å². The molecule has 1 atom stereocenters. The van der Waals surface area contributed by atoms with Gasteiger partial charge in [0.1, 0.15) is 11.9 Å². The van der Waals surface area contributed by atoms with E-state index in [1.807, 2.05) is 11.8 Å².